The SMILES string of the molecule is CCCCN(C(=O)c1nc2ccccc2o1)C(=O)C1(NC(=O)c2ccc(N(C)C)cc2)CCCCC1. The Hall–Kier alpha value is -3.68. The molecular weight excluding hydrogens is 456 g/mol. The van der Waals surface area contributed by atoms with Gasteiger partial charge in [-0.3, -0.25) is 19.3 Å². The lowest BCUT2D eigenvalue weighted by Crippen LogP contribution is -2.61. The molecule has 1 aliphatic rings. The molecule has 1 heterocycles. The maximum Gasteiger partial charge on any atom is 0.316 e. The van der Waals surface area contributed by atoms with Crippen LogP contribution in [0.15, 0.2) is 52.9 Å². The van der Waals surface area contributed by atoms with Crippen molar-refractivity contribution in [2.45, 2.75) is 57.4 Å². The second kappa shape index (κ2) is 10.9. The van der Waals surface area contributed by atoms with Gasteiger partial charge in [0, 0.05) is 31.9 Å². The molecule has 1 aliphatic carbocycles. The fourth-order valence-electron chi connectivity index (χ4n) is 4.70. The van der Waals surface area contributed by atoms with E-state index in [9.17, 15) is 14.4 Å². The molecule has 0 unspecified atom stereocenters. The van der Waals surface area contributed by atoms with Crippen LogP contribution >= 0.6 is 0 Å². The van der Waals surface area contributed by atoms with Crippen LogP contribution < -0.4 is 10.2 Å². The Morgan fingerprint density at radius 2 is 1.69 bits per heavy atom. The van der Waals surface area contributed by atoms with E-state index in [4.69, 9.17) is 4.42 Å². The maximum atomic E-state index is 14.1. The lowest BCUT2D eigenvalue weighted by atomic mass is 9.80. The van der Waals surface area contributed by atoms with Crippen LogP contribution in [0.25, 0.3) is 11.1 Å². The fraction of sp³-hybridized carbons (Fsp3) is 0.429. The number of imide groups is 1. The summed E-state index contributed by atoms with van der Waals surface area (Å²) in [5.41, 5.74) is 1.36. The fourth-order valence-corrected chi connectivity index (χ4v) is 4.70. The summed E-state index contributed by atoms with van der Waals surface area (Å²) in [4.78, 5) is 48.4. The van der Waals surface area contributed by atoms with E-state index in [1.165, 1.54) is 4.90 Å². The van der Waals surface area contributed by atoms with E-state index in [1.54, 1.807) is 30.3 Å². The van der Waals surface area contributed by atoms with Gasteiger partial charge in [-0.05, 0) is 55.7 Å². The van der Waals surface area contributed by atoms with E-state index in [0.717, 1.165) is 31.4 Å². The van der Waals surface area contributed by atoms with Gasteiger partial charge in [-0.15, -0.1) is 0 Å². The molecule has 3 amide bonds. The summed E-state index contributed by atoms with van der Waals surface area (Å²) in [6.07, 6.45) is 4.99. The second-order valence-corrected chi connectivity index (χ2v) is 9.64. The predicted octanol–water partition coefficient (Wildman–Crippen LogP) is 4.80. The van der Waals surface area contributed by atoms with Gasteiger partial charge in [0.1, 0.15) is 11.1 Å². The lowest BCUT2D eigenvalue weighted by molar-refractivity contribution is -0.137. The van der Waals surface area contributed by atoms with Crippen molar-refractivity contribution in [2.24, 2.45) is 0 Å². The minimum absolute atomic E-state index is 0.114. The average molecular weight is 491 g/mol. The quantitative estimate of drug-likeness (QED) is 0.456. The number of fused-ring (bicyclic) bond motifs is 1. The number of unbranched alkanes of at least 4 members (excludes halogenated alkanes) is 1. The molecule has 1 aromatic heterocycles. The van der Waals surface area contributed by atoms with Crippen molar-refractivity contribution in [2.75, 3.05) is 25.5 Å². The van der Waals surface area contributed by atoms with Gasteiger partial charge in [-0.1, -0.05) is 44.7 Å². The summed E-state index contributed by atoms with van der Waals surface area (Å²) in [7, 11) is 3.87. The summed E-state index contributed by atoms with van der Waals surface area (Å²) >= 11 is 0. The molecule has 2 aromatic carbocycles. The molecule has 190 valence electrons. The van der Waals surface area contributed by atoms with Gasteiger partial charge in [-0.2, -0.15) is 0 Å². The van der Waals surface area contributed by atoms with Crippen LogP contribution in [0, 0.1) is 0 Å². The van der Waals surface area contributed by atoms with Gasteiger partial charge in [0.25, 0.3) is 17.7 Å². The van der Waals surface area contributed by atoms with Crippen LogP contribution in [-0.2, 0) is 4.79 Å². The summed E-state index contributed by atoms with van der Waals surface area (Å²) in [5.74, 6) is -1.39. The molecule has 8 nitrogen and oxygen atoms in total. The Bertz CT molecular complexity index is 1190. The highest BCUT2D eigenvalue weighted by atomic mass is 16.4. The number of para-hydroxylation sites is 2. The molecule has 0 bridgehead atoms. The molecule has 1 saturated carbocycles. The summed E-state index contributed by atoms with van der Waals surface area (Å²) < 4.78 is 5.70. The zero-order valence-electron chi connectivity index (χ0n) is 21.3. The molecule has 1 fully saturated rings. The van der Waals surface area contributed by atoms with Crippen molar-refractivity contribution in [1.29, 1.82) is 0 Å². The summed E-state index contributed by atoms with van der Waals surface area (Å²) in [5, 5.41) is 3.04. The van der Waals surface area contributed by atoms with Crippen molar-refractivity contribution >= 4 is 34.5 Å². The first kappa shape index (κ1) is 25.4. The average Bonchev–Trinajstić information content (AvgIpc) is 3.33. The normalized spacial score (nSPS) is 14.9. The Labute approximate surface area is 211 Å². The number of anilines is 1. The van der Waals surface area contributed by atoms with Crippen LogP contribution in [-0.4, -0.2) is 53.8 Å². The van der Waals surface area contributed by atoms with E-state index in [2.05, 4.69) is 10.3 Å². The van der Waals surface area contributed by atoms with Gasteiger partial charge < -0.3 is 14.6 Å². The zero-order chi connectivity index (χ0) is 25.7. The third-order valence-electron chi connectivity index (χ3n) is 6.82. The number of nitrogens with zero attached hydrogens (tertiary/aromatic N) is 3. The van der Waals surface area contributed by atoms with Crippen LogP contribution in [0.3, 0.4) is 0 Å². The highest BCUT2D eigenvalue weighted by molar-refractivity contribution is 6.08. The topological polar surface area (TPSA) is 95.7 Å². The first-order valence-electron chi connectivity index (χ1n) is 12.7. The molecule has 3 aromatic rings. The smallest absolute Gasteiger partial charge is 0.316 e. The molecule has 36 heavy (non-hydrogen) atoms. The number of benzene rings is 2. The number of amides is 3. The lowest BCUT2D eigenvalue weighted by Gasteiger charge is -2.39. The van der Waals surface area contributed by atoms with E-state index in [-0.39, 0.29) is 24.2 Å². The number of carbonyl (C=O) groups is 3. The van der Waals surface area contributed by atoms with E-state index in [1.807, 2.05) is 44.1 Å². The van der Waals surface area contributed by atoms with E-state index < -0.39 is 11.4 Å². The minimum atomic E-state index is -1.15. The molecule has 4 rings (SSSR count). The number of hydrogen-bond donors (Lipinski definition) is 1. The third kappa shape index (κ3) is 5.27. The van der Waals surface area contributed by atoms with Crippen molar-refractivity contribution in [3.63, 3.8) is 0 Å². The van der Waals surface area contributed by atoms with Crippen molar-refractivity contribution < 1.29 is 18.8 Å². The minimum Gasteiger partial charge on any atom is -0.432 e. The zero-order valence-corrected chi connectivity index (χ0v) is 21.3. The molecule has 0 saturated heterocycles. The molecule has 0 spiro atoms. The maximum absolute atomic E-state index is 14.1. The number of rotatable bonds is 8. The Morgan fingerprint density at radius 3 is 2.33 bits per heavy atom. The van der Waals surface area contributed by atoms with Gasteiger partial charge in [0.15, 0.2) is 5.58 Å². The van der Waals surface area contributed by atoms with Crippen LogP contribution in [0.2, 0.25) is 0 Å². The Kier molecular flexibility index (Phi) is 7.72. The van der Waals surface area contributed by atoms with Crippen LogP contribution in [0.4, 0.5) is 5.69 Å². The van der Waals surface area contributed by atoms with Crippen LogP contribution in [0.5, 0.6) is 0 Å². The highest BCUT2D eigenvalue weighted by Crippen LogP contribution is 2.32. The molecule has 1 N–H and O–H groups in total. The molecular formula is C28H34N4O4. The predicted molar refractivity (Wildman–Crippen MR) is 139 cm³/mol. The molecule has 0 atom stereocenters. The highest BCUT2D eigenvalue weighted by Gasteiger charge is 2.45. The molecule has 0 aliphatic heterocycles. The van der Waals surface area contributed by atoms with Gasteiger partial charge in [0.05, 0.1) is 0 Å². The second-order valence-electron chi connectivity index (χ2n) is 9.64. The van der Waals surface area contributed by atoms with E-state index >= 15 is 0 Å². The van der Waals surface area contributed by atoms with Gasteiger partial charge >= 0.3 is 5.91 Å². The van der Waals surface area contributed by atoms with Crippen molar-refractivity contribution in [3.8, 4) is 0 Å². The molecule has 8 heteroatoms. The molecule has 0 radical (unpaired) electrons. The Balaban J connectivity index is 1.63. The number of hydrogen-bond acceptors (Lipinski definition) is 6. The number of nitrogens with one attached hydrogen (secondary N) is 1. The monoisotopic (exact) mass is 490 g/mol. The number of oxazole rings is 1. The van der Waals surface area contributed by atoms with Crippen molar-refractivity contribution in [3.05, 3.63) is 60.0 Å². The first-order chi connectivity index (χ1) is 17.3. The standard InChI is InChI=1S/C28H34N4O4/c1-4-5-19-32(26(34)25-29-22-11-7-8-12-23(22)36-25)27(35)28(17-9-6-10-18-28)30-24(33)20-13-15-21(16-14-20)31(2)3/h7-8,11-16H,4-6,9-10,17-19H2,1-3H3,(H,30,33). The van der Waals surface area contributed by atoms with Crippen molar-refractivity contribution in [1.82, 2.24) is 15.2 Å². The number of aromatic nitrogens is 1. The summed E-state index contributed by atoms with van der Waals surface area (Å²) in [6, 6.07) is 14.4. The number of carbonyl (C=O) groups excluding carboxylic acids is 3. The van der Waals surface area contributed by atoms with Gasteiger partial charge in [0.2, 0.25) is 0 Å². The summed E-state index contributed by atoms with van der Waals surface area (Å²) in [6.45, 7) is 2.24. The third-order valence-corrected chi connectivity index (χ3v) is 6.82. The van der Waals surface area contributed by atoms with Gasteiger partial charge in [-0.25, -0.2) is 4.98 Å². The Morgan fingerprint density at radius 1 is 1.00 bits per heavy atom. The first-order valence-corrected chi connectivity index (χ1v) is 12.7. The van der Waals surface area contributed by atoms with Crippen LogP contribution in [0.1, 0.15) is 72.9 Å². The largest absolute Gasteiger partial charge is 0.432 e. The van der Waals surface area contributed by atoms with E-state index in [0.29, 0.717) is 35.9 Å².